The molecule has 184 valence electrons. The minimum atomic E-state index is -3.34. The highest BCUT2D eigenvalue weighted by Gasteiger charge is 2.33. The molecular weight excluding hydrogens is 524 g/mol. The number of carbonyl (C=O) groups is 2. The third-order valence-corrected chi connectivity index (χ3v) is 9.00. The van der Waals surface area contributed by atoms with Crippen LogP contribution in [-0.4, -0.2) is 43.2 Å². The molecule has 0 fully saturated rings. The van der Waals surface area contributed by atoms with E-state index in [4.69, 9.17) is 9.47 Å². The minimum absolute atomic E-state index is 0.127. The van der Waals surface area contributed by atoms with Gasteiger partial charge in [-0.25, -0.2) is 18.4 Å². The normalized spacial score (nSPS) is 16.2. The number of rotatable bonds is 5. The van der Waals surface area contributed by atoms with Crippen LogP contribution < -0.4 is 20.1 Å². The van der Waals surface area contributed by atoms with E-state index >= 15 is 0 Å². The van der Waals surface area contributed by atoms with Gasteiger partial charge >= 0.3 is 0 Å². The first-order valence-corrected chi connectivity index (χ1v) is 14.4. The lowest BCUT2D eigenvalue weighted by atomic mass is 10.1. The Morgan fingerprint density at radius 2 is 1.81 bits per heavy atom. The molecule has 13 heteroatoms. The molecule has 3 heterocycles. The van der Waals surface area contributed by atoms with Crippen LogP contribution in [0, 0.1) is 0 Å². The van der Waals surface area contributed by atoms with E-state index in [1.54, 1.807) is 30.3 Å². The number of hydrogen-bond acceptors (Lipinski definition) is 10. The van der Waals surface area contributed by atoms with Gasteiger partial charge in [-0.05, 0) is 49.2 Å². The number of sulfone groups is 1. The number of anilines is 2. The maximum absolute atomic E-state index is 13.1. The molecule has 2 aliphatic rings. The van der Waals surface area contributed by atoms with Crippen molar-refractivity contribution < 1.29 is 27.5 Å². The molecule has 0 saturated heterocycles. The van der Waals surface area contributed by atoms with Gasteiger partial charge in [0.15, 0.2) is 31.6 Å². The van der Waals surface area contributed by atoms with Crippen LogP contribution in [0.15, 0.2) is 41.3 Å². The number of fused-ring (bicyclic) bond motifs is 3. The SMILES string of the molecule is CS(=O)(=O)c1ccc2nc(NC(=O)C3CCc4sc(NC(=O)c5ccc6c(c5)OCO6)nc43)sc2c1. The summed E-state index contributed by atoms with van der Waals surface area (Å²) in [6.45, 7) is 0.127. The zero-order valence-electron chi connectivity index (χ0n) is 18.7. The molecule has 2 aromatic carbocycles. The van der Waals surface area contributed by atoms with Gasteiger partial charge in [0.1, 0.15) is 0 Å². The molecule has 1 aliphatic carbocycles. The number of nitrogens with one attached hydrogen (secondary N) is 2. The number of hydrogen-bond donors (Lipinski definition) is 2. The second-order valence-electron chi connectivity index (χ2n) is 8.35. The molecule has 0 radical (unpaired) electrons. The summed E-state index contributed by atoms with van der Waals surface area (Å²) < 4.78 is 34.9. The minimum Gasteiger partial charge on any atom is -0.454 e. The van der Waals surface area contributed by atoms with Gasteiger partial charge in [0.25, 0.3) is 5.91 Å². The second kappa shape index (κ2) is 8.54. The quantitative estimate of drug-likeness (QED) is 0.389. The molecule has 2 N–H and O–H groups in total. The second-order valence-corrected chi connectivity index (χ2v) is 12.5. The lowest BCUT2D eigenvalue weighted by Gasteiger charge is -2.08. The van der Waals surface area contributed by atoms with Crippen molar-refractivity contribution in [1.29, 1.82) is 0 Å². The molecule has 4 aromatic rings. The number of aryl methyl sites for hydroxylation is 1. The van der Waals surface area contributed by atoms with Gasteiger partial charge in [0, 0.05) is 16.7 Å². The summed E-state index contributed by atoms with van der Waals surface area (Å²) >= 11 is 2.57. The summed E-state index contributed by atoms with van der Waals surface area (Å²) in [6.07, 6.45) is 2.44. The lowest BCUT2D eigenvalue weighted by Crippen LogP contribution is -2.20. The van der Waals surface area contributed by atoms with Crippen molar-refractivity contribution in [2.75, 3.05) is 23.7 Å². The Hall–Kier alpha value is -3.55. The summed E-state index contributed by atoms with van der Waals surface area (Å²) in [5.41, 5.74) is 1.68. The number of carbonyl (C=O) groups excluding carboxylic acids is 2. The molecule has 36 heavy (non-hydrogen) atoms. The predicted octanol–water partition coefficient (Wildman–Crippen LogP) is 3.81. The Morgan fingerprint density at radius 1 is 1.00 bits per heavy atom. The number of nitrogens with zero attached hydrogens (tertiary/aromatic N) is 2. The van der Waals surface area contributed by atoms with Crippen LogP contribution in [0.2, 0.25) is 0 Å². The van der Waals surface area contributed by atoms with E-state index in [1.165, 1.54) is 28.7 Å². The van der Waals surface area contributed by atoms with Crippen molar-refractivity contribution >= 4 is 64.8 Å². The molecule has 1 atom stereocenters. The Bertz CT molecular complexity index is 1660. The fourth-order valence-electron chi connectivity index (χ4n) is 4.12. The first-order valence-electron chi connectivity index (χ1n) is 10.9. The van der Waals surface area contributed by atoms with Gasteiger partial charge < -0.3 is 14.8 Å². The first kappa shape index (κ1) is 22.9. The molecule has 0 spiro atoms. The average Bonchev–Trinajstić information content (AvgIpc) is 3.60. The van der Waals surface area contributed by atoms with E-state index < -0.39 is 15.8 Å². The number of aromatic nitrogens is 2. The van der Waals surface area contributed by atoms with Crippen LogP contribution >= 0.6 is 22.7 Å². The van der Waals surface area contributed by atoms with Gasteiger partial charge in [-0.15, -0.1) is 11.3 Å². The van der Waals surface area contributed by atoms with E-state index in [1.807, 2.05) is 0 Å². The van der Waals surface area contributed by atoms with Crippen LogP contribution in [-0.2, 0) is 21.1 Å². The maximum atomic E-state index is 13.1. The number of thiazole rings is 2. The van der Waals surface area contributed by atoms with E-state index in [0.717, 1.165) is 11.1 Å². The Labute approximate surface area is 213 Å². The summed E-state index contributed by atoms with van der Waals surface area (Å²) in [5.74, 6) is 0.0757. The molecule has 1 unspecified atom stereocenters. The van der Waals surface area contributed by atoms with Crippen LogP contribution in [0.4, 0.5) is 10.3 Å². The Morgan fingerprint density at radius 3 is 2.64 bits per heavy atom. The predicted molar refractivity (Wildman–Crippen MR) is 135 cm³/mol. The summed E-state index contributed by atoms with van der Waals surface area (Å²) in [6, 6.07) is 9.63. The number of ether oxygens (including phenoxy) is 2. The Kier molecular flexibility index (Phi) is 5.43. The summed E-state index contributed by atoms with van der Waals surface area (Å²) in [7, 11) is -3.34. The molecular formula is C23H18N4O6S3. The van der Waals surface area contributed by atoms with Gasteiger partial charge in [-0.2, -0.15) is 0 Å². The molecule has 1 aliphatic heterocycles. The van der Waals surface area contributed by atoms with E-state index in [2.05, 4.69) is 20.6 Å². The van der Waals surface area contributed by atoms with Crippen molar-refractivity contribution in [1.82, 2.24) is 9.97 Å². The van der Waals surface area contributed by atoms with Crippen LogP contribution in [0.5, 0.6) is 11.5 Å². The van der Waals surface area contributed by atoms with E-state index in [0.29, 0.717) is 56.1 Å². The molecule has 0 saturated carbocycles. The largest absolute Gasteiger partial charge is 0.454 e. The van der Waals surface area contributed by atoms with Crippen LogP contribution in [0.25, 0.3) is 10.2 Å². The lowest BCUT2D eigenvalue weighted by molar-refractivity contribution is -0.117. The standard InChI is InChI=1S/C23H18N4O6S3/c1-36(30,31)12-3-5-14-18(9-12)35-22(24-14)27-21(29)13-4-7-17-19(13)25-23(34-17)26-20(28)11-2-6-15-16(8-11)33-10-32-15/h2-3,5-6,8-9,13H,4,7,10H2,1H3,(H,24,27,29)(H,25,26,28). The topological polar surface area (TPSA) is 137 Å². The van der Waals surface area contributed by atoms with Gasteiger partial charge in [0.05, 0.1) is 26.7 Å². The zero-order valence-corrected chi connectivity index (χ0v) is 21.2. The van der Waals surface area contributed by atoms with E-state index in [-0.39, 0.29) is 23.5 Å². The highest BCUT2D eigenvalue weighted by Crippen LogP contribution is 2.40. The van der Waals surface area contributed by atoms with Crippen molar-refractivity contribution in [3.05, 3.63) is 52.5 Å². The van der Waals surface area contributed by atoms with Crippen molar-refractivity contribution in [2.45, 2.75) is 23.7 Å². The smallest absolute Gasteiger partial charge is 0.257 e. The highest BCUT2D eigenvalue weighted by molar-refractivity contribution is 7.90. The van der Waals surface area contributed by atoms with Crippen molar-refractivity contribution in [3.63, 3.8) is 0 Å². The number of amides is 2. The third kappa shape index (κ3) is 4.18. The van der Waals surface area contributed by atoms with Gasteiger partial charge in [-0.1, -0.05) is 11.3 Å². The molecule has 0 bridgehead atoms. The number of benzene rings is 2. The highest BCUT2D eigenvalue weighted by atomic mass is 32.2. The van der Waals surface area contributed by atoms with Crippen LogP contribution in [0.3, 0.4) is 0 Å². The fraction of sp³-hybridized carbons (Fsp3) is 0.217. The van der Waals surface area contributed by atoms with Crippen LogP contribution in [0.1, 0.15) is 33.3 Å². The molecule has 2 aromatic heterocycles. The monoisotopic (exact) mass is 542 g/mol. The molecule has 2 amide bonds. The molecule has 6 rings (SSSR count). The molecule has 10 nitrogen and oxygen atoms in total. The third-order valence-electron chi connectivity index (χ3n) is 5.91. The first-order chi connectivity index (χ1) is 17.2. The van der Waals surface area contributed by atoms with Crippen molar-refractivity contribution in [3.8, 4) is 11.5 Å². The fourth-order valence-corrected chi connectivity index (χ4v) is 6.79. The van der Waals surface area contributed by atoms with E-state index in [9.17, 15) is 18.0 Å². The summed E-state index contributed by atoms with van der Waals surface area (Å²) in [4.78, 5) is 35.9. The van der Waals surface area contributed by atoms with Gasteiger partial charge in [0.2, 0.25) is 12.7 Å². The zero-order chi connectivity index (χ0) is 25.0. The maximum Gasteiger partial charge on any atom is 0.257 e. The average molecular weight is 543 g/mol. The summed E-state index contributed by atoms with van der Waals surface area (Å²) in [5, 5.41) is 6.46. The van der Waals surface area contributed by atoms with Gasteiger partial charge in [-0.3, -0.25) is 14.9 Å². The Balaban J connectivity index is 1.16. The van der Waals surface area contributed by atoms with Crippen molar-refractivity contribution in [2.24, 2.45) is 0 Å².